The number of hydrogen-bond acceptors (Lipinski definition) is 5. The molecule has 1 saturated carbocycles. The first-order valence-electron chi connectivity index (χ1n) is 7.37. The van der Waals surface area contributed by atoms with Gasteiger partial charge >= 0.3 is 11.9 Å². The van der Waals surface area contributed by atoms with Gasteiger partial charge in [0.15, 0.2) is 6.61 Å². The molecule has 2 rings (SSSR count). The number of hydrogen-bond donors (Lipinski definition) is 2. The van der Waals surface area contributed by atoms with E-state index in [1.54, 1.807) is 0 Å². The van der Waals surface area contributed by atoms with Crippen LogP contribution in [0.15, 0.2) is 18.2 Å². The average molecular weight is 308 g/mol. The van der Waals surface area contributed by atoms with Gasteiger partial charge in [-0.2, -0.15) is 0 Å². The third-order valence-electron chi connectivity index (χ3n) is 4.04. The summed E-state index contributed by atoms with van der Waals surface area (Å²) in [5.74, 6) is -1.88. The fourth-order valence-electron chi connectivity index (χ4n) is 2.74. The normalized spacial score (nSPS) is 16.2. The zero-order valence-electron chi connectivity index (χ0n) is 12.5. The summed E-state index contributed by atoms with van der Waals surface area (Å²) in [6.45, 7) is 1.71. The number of carbonyl (C=O) groups excluding carboxylic acids is 1. The Morgan fingerprint density at radius 2 is 1.95 bits per heavy atom. The molecule has 0 unspecified atom stereocenters. The van der Waals surface area contributed by atoms with E-state index in [1.807, 2.05) is 6.92 Å². The number of esters is 1. The van der Waals surface area contributed by atoms with E-state index in [2.05, 4.69) is 0 Å². The summed E-state index contributed by atoms with van der Waals surface area (Å²) in [7, 11) is 0. The van der Waals surface area contributed by atoms with Gasteiger partial charge in [-0.15, -0.1) is 0 Å². The Labute approximate surface area is 128 Å². The van der Waals surface area contributed by atoms with E-state index in [0.717, 1.165) is 32.1 Å². The standard InChI is InChI=1S/C16H20O6/c1-2-16(7-3-4-8-16)22-14(18)10-21-11-5-6-13(17)12(9-11)15(19)20/h5-6,9,17H,2-4,7-8,10H2,1H3,(H,19,20). The van der Waals surface area contributed by atoms with Gasteiger partial charge in [-0.25, -0.2) is 9.59 Å². The first-order chi connectivity index (χ1) is 10.5. The number of carboxylic acid groups (broad SMARTS) is 1. The highest BCUT2D eigenvalue weighted by molar-refractivity contribution is 5.91. The number of phenols is 1. The molecule has 0 aliphatic heterocycles. The van der Waals surface area contributed by atoms with Gasteiger partial charge in [0.2, 0.25) is 0 Å². The van der Waals surface area contributed by atoms with Crippen LogP contribution in [0, 0.1) is 0 Å². The van der Waals surface area contributed by atoms with Crippen LogP contribution in [0.2, 0.25) is 0 Å². The van der Waals surface area contributed by atoms with Crippen LogP contribution in [0.25, 0.3) is 0 Å². The summed E-state index contributed by atoms with van der Waals surface area (Å²) in [6, 6.07) is 3.80. The molecule has 0 atom stereocenters. The number of carbonyl (C=O) groups is 2. The molecule has 1 aromatic carbocycles. The zero-order valence-corrected chi connectivity index (χ0v) is 12.5. The van der Waals surface area contributed by atoms with Crippen molar-refractivity contribution < 1.29 is 29.3 Å². The van der Waals surface area contributed by atoms with Gasteiger partial charge in [-0.05, 0) is 50.3 Å². The lowest BCUT2D eigenvalue weighted by atomic mass is 9.99. The lowest BCUT2D eigenvalue weighted by molar-refractivity contribution is -0.162. The predicted octanol–water partition coefficient (Wildman–Crippen LogP) is 2.74. The molecule has 0 saturated heterocycles. The maximum atomic E-state index is 11.9. The molecule has 1 aromatic rings. The Balaban J connectivity index is 1.94. The van der Waals surface area contributed by atoms with Gasteiger partial charge in [0.05, 0.1) is 0 Å². The Bertz CT molecular complexity index is 560. The molecule has 120 valence electrons. The van der Waals surface area contributed by atoms with Crippen molar-refractivity contribution >= 4 is 11.9 Å². The summed E-state index contributed by atoms with van der Waals surface area (Å²) in [6.07, 6.45) is 4.64. The third kappa shape index (κ3) is 3.69. The van der Waals surface area contributed by atoms with E-state index in [1.165, 1.54) is 18.2 Å². The minimum atomic E-state index is -1.26. The van der Waals surface area contributed by atoms with E-state index in [-0.39, 0.29) is 29.3 Å². The quantitative estimate of drug-likeness (QED) is 0.785. The minimum Gasteiger partial charge on any atom is -0.507 e. The van der Waals surface area contributed by atoms with Crippen LogP contribution in [-0.2, 0) is 9.53 Å². The van der Waals surface area contributed by atoms with E-state index < -0.39 is 11.9 Å². The van der Waals surface area contributed by atoms with Crippen molar-refractivity contribution in [1.82, 2.24) is 0 Å². The van der Waals surface area contributed by atoms with E-state index in [9.17, 15) is 14.7 Å². The zero-order chi connectivity index (χ0) is 16.2. The molecule has 0 aromatic heterocycles. The van der Waals surface area contributed by atoms with Crippen LogP contribution in [0.4, 0.5) is 0 Å². The summed E-state index contributed by atoms with van der Waals surface area (Å²) < 4.78 is 10.8. The van der Waals surface area contributed by atoms with Crippen molar-refractivity contribution in [1.29, 1.82) is 0 Å². The second-order valence-corrected chi connectivity index (χ2v) is 5.49. The summed E-state index contributed by atoms with van der Waals surface area (Å²) in [5.41, 5.74) is -0.645. The van der Waals surface area contributed by atoms with Crippen LogP contribution >= 0.6 is 0 Å². The molecule has 1 fully saturated rings. The molecular formula is C16H20O6. The van der Waals surface area contributed by atoms with E-state index in [4.69, 9.17) is 14.6 Å². The molecular weight excluding hydrogens is 288 g/mol. The topological polar surface area (TPSA) is 93.1 Å². The Morgan fingerprint density at radius 1 is 1.27 bits per heavy atom. The molecule has 22 heavy (non-hydrogen) atoms. The van der Waals surface area contributed by atoms with Gasteiger partial charge < -0.3 is 19.7 Å². The number of benzene rings is 1. The van der Waals surface area contributed by atoms with Crippen molar-refractivity contribution in [2.45, 2.75) is 44.6 Å². The Hall–Kier alpha value is -2.24. The molecule has 0 spiro atoms. The van der Waals surface area contributed by atoms with Gasteiger partial charge in [-0.3, -0.25) is 0 Å². The highest BCUT2D eigenvalue weighted by atomic mass is 16.6. The first-order valence-corrected chi connectivity index (χ1v) is 7.37. The molecule has 0 bridgehead atoms. The van der Waals surface area contributed by atoms with Crippen LogP contribution in [0.1, 0.15) is 49.4 Å². The molecule has 0 heterocycles. The van der Waals surface area contributed by atoms with Gasteiger partial charge in [0.1, 0.15) is 22.7 Å². The molecule has 0 amide bonds. The Morgan fingerprint density at radius 3 is 2.55 bits per heavy atom. The molecule has 1 aliphatic carbocycles. The van der Waals surface area contributed by atoms with E-state index in [0.29, 0.717) is 0 Å². The van der Waals surface area contributed by atoms with Gasteiger partial charge in [0, 0.05) is 0 Å². The number of aromatic hydroxyl groups is 1. The second kappa shape index (κ2) is 6.68. The lowest BCUT2D eigenvalue weighted by Crippen LogP contribution is -2.33. The highest BCUT2D eigenvalue weighted by Gasteiger charge is 2.35. The summed E-state index contributed by atoms with van der Waals surface area (Å²) in [4.78, 5) is 22.8. The van der Waals surface area contributed by atoms with Crippen LogP contribution < -0.4 is 4.74 Å². The molecule has 1 aliphatic rings. The number of carboxylic acids is 1. The number of ether oxygens (including phenoxy) is 2. The van der Waals surface area contributed by atoms with Crippen LogP contribution in [0.3, 0.4) is 0 Å². The summed E-state index contributed by atoms with van der Waals surface area (Å²) >= 11 is 0. The highest BCUT2D eigenvalue weighted by Crippen LogP contribution is 2.36. The van der Waals surface area contributed by atoms with Gasteiger partial charge in [-0.1, -0.05) is 6.92 Å². The monoisotopic (exact) mass is 308 g/mol. The van der Waals surface area contributed by atoms with Crippen molar-refractivity contribution in [3.8, 4) is 11.5 Å². The molecule has 2 N–H and O–H groups in total. The van der Waals surface area contributed by atoms with Crippen LogP contribution in [-0.4, -0.2) is 34.4 Å². The Kier molecular flexibility index (Phi) is 4.90. The van der Waals surface area contributed by atoms with Crippen molar-refractivity contribution in [2.24, 2.45) is 0 Å². The van der Waals surface area contributed by atoms with Crippen molar-refractivity contribution in [3.63, 3.8) is 0 Å². The van der Waals surface area contributed by atoms with Crippen molar-refractivity contribution in [3.05, 3.63) is 23.8 Å². The third-order valence-corrected chi connectivity index (χ3v) is 4.04. The first kappa shape index (κ1) is 16.1. The smallest absolute Gasteiger partial charge is 0.344 e. The van der Waals surface area contributed by atoms with E-state index >= 15 is 0 Å². The average Bonchev–Trinajstić information content (AvgIpc) is 2.95. The molecule has 6 heteroatoms. The van der Waals surface area contributed by atoms with Crippen molar-refractivity contribution in [2.75, 3.05) is 6.61 Å². The van der Waals surface area contributed by atoms with Crippen LogP contribution in [0.5, 0.6) is 11.5 Å². The maximum Gasteiger partial charge on any atom is 0.344 e. The maximum absolute atomic E-state index is 11.9. The fourth-order valence-corrected chi connectivity index (χ4v) is 2.74. The lowest BCUT2D eigenvalue weighted by Gasteiger charge is -2.27. The molecule has 0 radical (unpaired) electrons. The number of rotatable bonds is 6. The molecule has 6 nitrogen and oxygen atoms in total. The predicted molar refractivity (Wildman–Crippen MR) is 78.1 cm³/mol. The summed E-state index contributed by atoms with van der Waals surface area (Å²) in [5, 5.41) is 18.3. The SMILES string of the molecule is CCC1(OC(=O)COc2ccc(O)c(C(=O)O)c2)CCCC1. The largest absolute Gasteiger partial charge is 0.507 e. The number of aromatic carboxylic acids is 1. The fraction of sp³-hybridized carbons (Fsp3) is 0.500. The minimum absolute atomic E-state index is 0.198. The van der Waals surface area contributed by atoms with Gasteiger partial charge in [0.25, 0.3) is 0 Å². The second-order valence-electron chi connectivity index (χ2n) is 5.49.